The molecule has 0 aromatic heterocycles. The quantitative estimate of drug-likeness (QED) is 0.845. The second-order valence-electron chi connectivity index (χ2n) is 5.55. The van der Waals surface area contributed by atoms with E-state index in [4.69, 9.17) is 16.3 Å². The predicted octanol–water partition coefficient (Wildman–Crippen LogP) is 2.01. The van der Waals surface area contributed by atoms with Gasteiger partial charge >= 0.3 is 0 Å². The van der Waals surface area contributed by atoms with Gasteiger partial charge in [0, 0.05) is 17.1 Å². The van der Waals surface area contributed by atoms with Gasteiger partial charge in [0.25, 0.3) is 0 Å². The summed E-state index contributed by atoms with van der Waals surface area (Å²) in [4.78, 5) is 12.3. The van der Waals surface area contributed by atoms with Crippen LogP contribution in [0.5, 0.6) is 0 Å². The second-order valence-corrected chi connectivity index (χ2v) is 5.99. The lowest BCUT2D eigenvalue weighted by molar-refractivity contribution is -0.126. The first kappa shape index (κ1) is 16.3. The minimum atomic E-state index is -0.105. The molecule has 1 heterocycles. The van der Waals surface area contributed by atoms with Crippen LogP contribution in [0.1, 0.15) is 19.4 Å². The highest BCUT2D eigenvalue weighted by Crippen LogP contribution is 2.15. The molecule has 3 atom stereocenters. The van der Waals surface area contributed by atoms with Crippen molar-refractivity contribution in [3.05, 3.63) is 34.9 Å². The van der Waals surface area contributed by atoms with Gasteiger partial charge in [0.1, 0.15) is 0 Å². The van der Waals surface area contributed by atoms with E-state index in [0.717, 1.165) is 23.6 Å². The summed E-state index contributed by atoms with van der Waals surface area (Å²) >= 11 is 5.98. The number of benzene rings is 1. The van der Waals surface area contributed by atoms with Crippen molar-refractivity contribution in [2.75, 3.05) is 19.8 Å². The van der Waals surface area contributed by atoms with Crippen molar-refractivity contribution in [2.24, 2.45) is 5.92 Å². The van der Waals surface area contributed by atoms with E-state index in [2.05, 4.69) is 10.6 Å². The molecule has 1 saturated heterocycles. The highest BCUT2D eigenvalue weighted by Gasteiger charge is 2.33. The number of likely N-dealkylation sites (N-methyl/N-ethyl adjacent to an activating group) is 1. The molecule has 0 aliphatic carbocycles. The van der Waals surface area contributed by atoms with E-state index < -0.39 is 0 Å². The molecule has 1 aliphatic rings. The minimum absolute atomic E-state index is 0.0629. The molecule has 1 fully saturated rings. The Morgan fingerprint density at radius 1 is 1.48 bits per heavy atom. The van der Waals surface area contributed by atoms with Gasteiger partial charge in [-0.15, -0.1) is 0 Å². The van der Waals surface area contributed by atoms with E-state index >= 15 is 0 Å². The molecule has 1 aromatic carbocycles. The fourth-order valence-electron chi connectivity index (χ4n) is 2.69. The Bertz CT molecular complexity index is 481. The van der Waals surface area contributed by atoms with Gasteiger partial charge in [0.05, 0.1) is 19.1 Å². The van der Waals surface area contributed by atoms with Gasteiger partial charge in [-0.3, -0.25) is 4.79 Å². The fraction of sp³-hybridized carbons (Fsp3) is 0.562. The van der Waals surface area contributed by atoms with Gasteiger partial charge < -0.3 is 15.4 Å². The Labute approximate surface area is 131 Å². The zero-order valence-electron chi connectivity index (χ0n) is 12.6. The first-order valence-electron chi connectivity index (χ1n) is 7.46. The Hall–Kier alpha value is -1.10. The van der Waals surface area contributed by atoms with E-state index in [1.807, 2.05) is 38.1 Å². The number of hydrogen-bond donors (Lipinski definition) is 2. The number of amides is 1. The molecular weight excluding hydrogens is 288 g/mol. The molecule has 1 amide bonds. The first-order chi connectivity index (χ1) is 10.1. The third-order valence-electron chi connectivity index (χ3n) is 3.70. The minimum Gasteiger partial charge on any atom is -0.379 e. The summed E-state index contributed by atoms with van der Waals surface area (Å²) in [5.74, 6) is -0.0419. The van der Waals surface area contributed by atoms with Crippen molar-refractivity contribution in [1.29, 1.82) is 0 Å². The predicted molar refractivity (Wildman–Crippen MR) is 84.5 cm³/mol. The summed E-state index contributed by atoms with van der Waals surface area (Å²) < 4.78 is 5.42. The molecular formula is C16H23ClN2O2. The Kier molecular flexibility index (Phi) is 6.03. The molecule has 4 nitrogen and oxygen atoms in total. The van der Waals surface area contributed by atoms with Crippen molar-refractivity contribution in [1.82, 2.24) is 10.6 Å². The van der Waals surface area contributed by atoms with E-state index in [-0.39, 0.29) is 23.9 Å². The Morgan fingerprint density at radius 2 is 2.29 bits per heavy atom. The summed E-state index contributed by atoms with van der Waals surface area (Å²) in [6.07, 6.45) is 0.770. The van der Waals surface area contributed by atoms with Gasteiger partial charge in [0.2, 0.25) is 5.91 Å². The highest BCUT2D eigenvalue weighted by molar-refractivity contribution is 6.30. The van der Waals surface area contributed by atoms with Crippen LogP contribution in [0.25, 0.3) is 0 Å². The van der Waals surface area contributed by atoms with Crippen LogP contribution in [0.3, 0.4) is 0 Å². The summed E-state index contributed by atoms with van der Waals surface area (Å²) in [6, 6.07) is 7.93. The van der Waals surface area contributed by atoms with Crippen LogP contribution in [-0.4, -0.2) is 37.7 Å². The molecule has 1 aromatic rings. The van der Waals surface area contributed by atoms with Crippen molar-refractivity contribution < 1.29 is 9.53 Å². The maximum Gasteiger partial charge on any atom is 0.227 e. The number of rotatable bonds is 6. The molecule has 3 unspecified atom stereocenters. The monoisotopic (exact) mass is 310 g/mol. The zero-order chi connectivity index (χ0) is 15.2. The van der Waals surface area contributed by atoms with E-state index in [9.17, 15) is 4.79 Å². The lowest BCUT2D eigenvalue weighted by Gasteiger charge is -2.21. The van der Waals surface area contributed by atoms with Crippen LogP contribution < -0.4 is 10.6 Å². The van der Waals surface area contributed by atoms with Gasteiger partial charge in [-0.2, -0.15) is 0 Å². The summed E-state index contributed by atoms with van der Waals surface area (Å²) in [5.41, 5.74) is 1.13. The van der Waals surface area contributed by atoms with E-state index in [0.29, 0.717) is 13.2 Å². The van der Waals surface area contributed by atoms with E-state index in [1.54, 1.807) is 0 Å². The maximum absolute atomic E-state index is 12.3. The van der Waals surface area contributed by atoms with Crippen LogP contribution in [0.4, 0.5) is 0 Å². The number of hydrogen-bond acceptors (Lipinski definition) is 3. The zero-order valence-corrected chi connectivity index (χ0v) is 13.3. The smallest absolute Gasteiger partial charge is 0.227 e. The number of ether oxygens (including phenoxy) is 1. The summed E-state index contributed by atoms with van der Waals surface area (Å²) in [6.45, 7) is 5.99. The molecule has 0 spiro atoms. The summed E-state index contributed by atoms with van der Waals surface area (Å²) in [7, 11) is 0. The van der Waals surface area contributed by atoms with Crippen molar-refractivity contribution in [2.45, 2.75) is 32.4 Å². The number of halogens is 1. The second kappa shape index (κ2) is 7.78. The number of nitrogens with one attached hydrogen (secondary N) is 2. The van der Waals surface area contributed by atoms with Crippen LogP contribution in [-0.2, 0) is 16.0 Å². The topological polar surface area (TPSA) is 50.4 Å². The number of carbonyl (C=O) groups excluding carboxylic acids is 1. The average Bonchev–Trinajstić information content (AvgIpc) is 2.87. The van der Waals surface area contributed by atoms with Gasteiger partial charge in [-0.05, 0) is 37.6 Å². The van der Waals surface area contributed by atoms with E-state index in [1.165, 1.54) is 0 Å². The Balaban J connectivity index is 1.87. The van der Waals surface area contributed by atoms with Crippen LogP contribution in [0.15, 0.2) is 24.3 Å². The fourth-order valence-corrected chi connectivity index (χ4v) is 2.91. The number of carbonyl (C=O) groups is 1. The molecule has 2 rings (SSSR count). The molecule has 5 heteroatoms. The third kappa shape index (κ3) is 4.70. The normalized spacial score (nSPS) is 23.0. The highest BCUT2D eigenvalue weighted by atomic mass is 35.5. The lowest BCUT2D eigenvalue weighted by Crippen LogP contribution is -2.46. The van der Waals surface area contributed by atoms with Gasteiger partial charge in [0.15, 0.2) is 0 Å². The van der Waals surface area contributed by atoms with Crippen LogP contribution >= 0.6 is 11.6 Å². The van der Waals surface area contributed by atoms with Crippen molar-refractivity contribution in [3.8, 4) is 0 Å². The first-order valence-corrected chi connectivity index (χ1v) is 7.84. The van der Waals surface area contributed by atoms with Crippen LogP contribution in [0, 0.1) is 5.92 Å². The molecule has 0 radical (unpaired) electrons. The summed E-state index contributed by atoms with van der Waals surface area (Å²) in [5, 5.41) is 7.10. The van der Waals surface area contributed by atoms with Gasteiger partial charge in [-0.25, -0.2) is 0 Å². The standard InChI is InChI=1S/C16H23ClN2O2/c1-3-18-15-10-21-9-14(15)16(20)19-11(2)7-12-5-4-6-13(17)8-12/h4-6,8,11,14-15,18H,3,7,9-10H2,1-2H3,(H,19,20). The Morgan fingerprint density at radius 3 is 3.00 bits per heavy atom. The molecule has 1 aliphatic heterocycles. The lowest BCUT2D eigenvalue weighted by atomic mass is 10.0. The van der Waals surface area contributed by atoms with Crippen LogP contribution in [0.2, 0.25) is 5.02 Å². The van der Waals surface area contributed by atoms with Crippen molar-refractivity contribution >= 4 is 17.5 Å². The average molecular weight is 311 g/mol. The van der Waals surface area contributed by atoms with Crippen molar-refractivity contribution in [3.63, 3.8) is 0 Å². The third-order valence-corrected chi connectivity index (χ3v) is 3.94. The SMILES string of the molecule is CCNC1COCC1C(=O)NC(C)Cc1cccc(Cl)c1. The maximum atomic E-state index is 12.3. The molecule has 2 N–H and O–H groups in total. The molecule has 0 saturated carbocycles. The van der Waals surface area contributed by atoms with Gasteiger partial charge in [-0.1, -0.05) is 30.7 Å². The molecule has 21 heavy (non-hydrogen) atoms. The molecule has 0 bridgehead atoms. The largest absolute Gasteiger partial charge is 0.379 e. The molecule has 116 valence electrons.